The van der Waals surface area contributed by atoms with Gasteiger partial charge < -0.3 is 26.8 Å². The Balaban J connectivity index is 0.00000261. The molecular formula is C20H25BrN2O3S. The molecule has 1 aromatic carbocycles. The summed E-state index contributed by atoms with van der Waals surface area (Å²) >= 11 is 1.28. The van der Waals surface area contributed by atoms with Gasteiger partial charge in [-0.15, -0.1) is 0 Å². The number of imidazole rings is 1. The zero-order chi connectivity index (χ0) is 18.6. The van der Waals surface area contributed by atoms with Crippen LogP contribution < -0.4 is 21.5 Å². The number of rotatable bonds is 7. The van der Waals surface area contributed by atoms with E-state index in [1.54, 1.807) is 0 Å². The van der Waals surface area contributed by atoms with Gasteiger partial charge in [-0.05, 0) is 11.0 Å². The fourth-order valence-corrected chi connectivity index (χ4v) is 4.16. The minimum atomic E-state index is -1.18. The maximum absolute atomic E-state index is 12.8. The number of thioether (sulfide) groups is 1. The summed E-state index contributed by atoms with van der Waals surface area (Å²) in [5.41, 5.74) is 0.782. The minimum Gasteiger partial charge on any atom is -1.00 e. The largest absolute Gasteiger partial charge is 1.00 e. The third-order valence-corrected chi connectivity index (χ3v) is 5.92. The van der Waals surface area contributed by atoms with Crippen molar-refractivity contribution in [2.24, 2.45) is 7.05 Å². The minimum absolute atomic E-state index is 0. The molecular weight excluding hydrogens is 428 g/mol. The number of nitrogens with zero attached hydrogens (tertiary/aromatic N) is 2. The number of hydrogen-bond acceptors (Lipinski definition) is 4. The lowest BCUT2D eigenvalue weighted by Crippen LogP contribution is -3.00. The Bertz CT molecular complexity index is 784. The van der Waals surface area contributed by atoms with Crippen molar-refractivity contribution in [3.8, 4) is 0 Å². The van der Waals surface area contributed by atoms with Crippen LogP contribution in [0.4, 0.5) is 0 Å². The van der Waals surface area contributed by atoms with E-state index in [9.17, 15) is 9.90 Å². The first-order valence-corrected chi connectivity index (χ1v) is 9.67. The normalized spacial score (nSPS) is 19.5. The molecule has 0 radical (unpaired) electrons. The molecule has 0 spiro atoms. The Morgan fingerprint density at radius 3 is 2.74 bits per heavy atom. The summed E-state index contributed by atoms with van der Waals surface area (Å²) in [7, 11) is 2.00. The van der Waals surface area contributed by atoms with Crippen LogP contribution in [-0.2, 0) is 23.1 Å². The summed E-state index contributed by atoms with van der Waals surface area (Å²) in [6.45, 7) is 3.17. The smallest absolute Gasteiger partial charge is 0.317 e. The van der Waals surface area contributed by atoms with Crippen LogP contribution in [0.3, 0.4) is 0 Å². The lowest BCUT2D eigenvalue weighted by molar-refractivity contribution is -0.677. The second-order valence-electron chi connectivity index (χ2n) is 6.55. The Labute approximate surface area is 174 Å². The highest BCUT2D eigenvalue weighted by Gasteiger charge is 2.44. The molecule has 0 fully saturated rings. The highest BCUT2D eigenvalue weighted by Crippen LogP contribution is 2.45. The van der Waals surface area contributed by atoms with Crippen LogP contribution >= 0.6 is 11.8 Å². The number of hydrogen-bond donors (Lipinski definition) is 1. The molecule has 1 aromatic heterocycles. The van der Waals surface area contributed by atoms with Crippen molar-refractivity contribution < 1.29 is 36.2 Å². The van der Waals surface area contributed by atoms with Gasteiger partial charge in [0.05, 0.1) is 20.2 Å². The van der Waals surface area contributed by atoms with Gasteiger partial charge in [0.1, 0.15) is 23.2 Å². The quantitative estimate of drug-likeness (QED) is 0.355. The molecule has 7 heteroatoms. The molecule has 146 valence electrons. The summed E-state index contributed by atoms with van der Waals surface area (Å²) in [5.74, 6) is 0.0840. The van der Waals surface area contributed by atoms with Crippen LogP contribution in [-0.4, -0.2) is 27.2 Å². The predicted molar refractivity (Wildman–Crippen MR) is 101 cm³/mol. The third kappa shape index (κ3) is 5.03. The van der Waals surface area contributed by atoms with E-state index in [0.717, 1.165) is 24.4 Å². The van der Waals surface area contributed by atoms with Crippen LogP contribution in [0, 0.1) is 6.92 Å². The van der Waals surface area contributed by atoms with Crippen molar-refractivity contribution in [2.45, 2.75) is 37.2 Å². The monoisotopic (exact) mass is 452 g/mol. The molecule has 27 heavy (non-hydrogen) atoms. The number of aryl methyl sites for hydroxylation is 2. The van der Waals surface area contributed by atoms with Crippen molar-refractivity contribution in [1.29, 1.82) is 0 Å². The molecule has 2 heterocycles. The van der Waals surface area contributed by atoms with Crippen molar-refractivity contribution >= 4 is 17.7 Å². The Kier molecular flexibility index (Phi) is 7.70. The van der Waals surface area contributed by atoms with Gasteiger partial charge in [0.25, 0.3) is 5.82 Å². The molecule has 3 rings (SSSR count). The lowest BCUT2D eigenvalue weighted by Gasteiger charge is -2.30. The highest BCUT2D eigenvalue weighted by molar-refractivity contribution is 8.03. The number of aliphatic hydroxyl groups is 1. The van der Waals surface area contributed by atoms with Crippen LogP contribution in [0.5, 0.6) is 0 Å². The number of halogens is 1. The first-order chi connectivity index (χ1) is 12.5. The van der Waals surface area contributed by atoms with E-state index in [-0.39, 0.29) is 23.0 Å². The second kappa shape index (κ2) is 9.57. The molecule has 5 nitrogen and oxygen atoms in total. The van der Waals surface area contributed by atoms with Gasteiger partial charge in [0.15, 0.2) is 0 Å². The van der Waals surface area contributed by atoms with E-state index in [2.05, 4.69) is 16.1 Å². The summed E-state index contributed by atoms with van der Waals surface area (Å²) in [6, 6.07) is 9.38. The molecule has 0 aliphatic carbocycles. The summed E-state index contributed by atoms with van der Waals surface area (Å²) in [5, 5.41) is 12.8. The first-order valence-electron chi connectivity index (χ1n) is 8.79. The first kappa shape index (κ1) is 21.7. The van der Waals surface area contributed by atoms with E-state index >= 15 is 0 Å². The molecule has 1 N–H and O–H groups in total. The van der Waals surface area contributed by atoms with Gasteiger partial charge in [-0.2, -0.15) is 0 Å². The van der Waals surface area contributed by atoms with Gasteiger partial charge in [0, 0.05) is 19.8 Å². The van der Waals surface area contributed by atoms with E-state index in [1.807, 2.05) is 61.3 Å². The van der Waals surface area contributed by atoms with E-state index < -0.39 is 10.9 Å². The zero-order valence-corrected chi connectivity index (χ0v) is 17.9. The van der Waals surface area contributed by atoms with Crippen molar-refractivity contribution in [1.82, 2.24) is 4.57 Å². The number of carbonyl (C=O) groups excluding carboxylic acids is 1. The Morgan fingerprint density at radius 1 is 1.41 bits per heavy atom. The maximum atomic E-state index is 12.8. The standard InChI is InChI=1S/C20H25N2O3S.BrH/c1-16-21(2)12-13-22(16)11-7-14-25-19(23)18(17-8-4-3-5-9-17)20(24)10-6-15-26-20;/h3-6,8-9,12-13,15,18,24H,7,10-11,14H2,1-2H3;1H/q+1;/p-1. The van der Waals surface area contributed by atoms with Gasteiger partial charge in [-0.25, -0.2) is 9.13 Å². The fourth-order valence-electron chi connectivity index (χ4n) is 3.17. The van der Waals surface area contributed by atoms with E-state index in [0.29, 0.717) is 13.0 Å². The van der Waals surface area contributed by atoms with Crippen molar-refractivity contribution in [2.75, 3.05) is 6.61 Å². The number of benzene rings is 1. The fraction of sp³-hybridized carbons (Fsp3) is 0.400. The van der Waals surface area contributed by atoms with E-state index in [4.69, 9.17) is 4.74 Å². The van der Waals surface area contributed by atoms with Gasteiger partial charge in [0.2, 0.25) is 0 Å². The predicted octanol–water partition coefficient (Wildman–Crippen LogP) is -0.319. The number of carbonyl (C=O) groups is 1. The van der Waals surface area contributed by atoms with Crippen LogP contribution in [0.25, 0.3) is 0 Å². The summed E-state index contributed by atoms with van der Waals surface area (Å²) in [4.78, 5) is 11.6. The molecule has 0 saturated heterocycles. The summed E-state index contributed by atoms with van der Waals surface area (Å²) in [6.07, 6.45) is 7.08. The molecule has 0 amide bonds. The van der Waals surface area contributed by atoms with Crippen LogP contribution in [0.1, 0.15) is 30.1 Å². The number of esters is 1. The maximum Gasteiger partial charge on any atom is 0.317 e. The Hall–Kier alpha value is -1.57. The highest BCUT2D eigenvalue weighted by atomic mass is 79.9. The Morgan fingerprint density at radius 2 is 2.15 bits per heavy atom. The van der Waals surface area contributed by atoms with Gasteiger partial charge in [-0.3, -0.25) is 4.79 Å². The SMILES string of the molecule is Cc1n(CCCOC(=O)C(c2ccccc2)C2(O)CC=CS2)cc[n+]1C.[Br-]. The molecule has 1 aliphatic heterocycles. The average Bonchev–Trinajstić information content (AvgIpc) is 3.20. The lowest BCUT2D eigenvalue weighted by atomic mass is 9.91. The van der Waals surface area contributed by atoms with Gasteiger partial charge in [-0.1, -0.05) is 48.2 Å². The third-order valence-electron chi connectivity index (χ3n) is 4.78. The van der Waals surface area contributed by atoms with E-state index in [1.165, 1.54) is 11.8 Å². The molecule has 2 aromatic rings. The zero-order valence-electron chi connectivity index (χ0n) is 15.5. The molecule has 2 atom stereocenters. The summed E-state index contributed by atoms with van der Waals surface area (Å²) < 4.78 is 9.73. The topological polar surface area (TPSA) is 55.3 Å². The second-order valence-corrected chi connectivity index (χ2v) is 7.77. The number of aromatic nitrogens is 2. The molecule has 0 saturated carbocycles. The van der Waals surface area contributed by atoms with Crippen molar-refractivity contribution in [3.63, 3.8) is 0 Å². The molecule has 1 aliphatic rings. The number of ether oxygens (including phenoxy) is 1. The van der Waals surface area contributed by atoms with Crippen LogP contribution in [0.2, 0.25) is 0 Å². The van der Waals surface area contributed by atoms with Crippen LogP contribution in [0.15, 0.2) is 54.2 Å². The van der Waals surface area contributed by atoms with Gasteiger partial charge >= 0.3 is 5.97 Å². The average molecular weight is 453 g/mol. The molecule has 2 unspecified atom stereocenters. The molecule has 0 bridgehead atoms. The van der Waals surface area contributed by atoms with Crippen molar-refractivity contribution in [3.05, 3.63) is 65.6 Å².